The molecule has 0 aliphatic rings. The molecule has 2 aromatic carbocycles. The highest BCUT2D eigenvalue weighted by Crippen LogP contribution is 2.29. The van der Waals surface area contributed by atoms with Crippen molar-refractivity contribution in [2.24, 2.45) is 0 Å². The number of amides is 1. The van der Waals surface area contributed by atoms with Crippen molar-refractivity contribution in [3.05, 3.63) is 53.6 Å². The van der Waals surface area contributed by atoms with E-state index in [9.17, 15) is 13.2 Å². The molecule has 1 N–H and O–H groups in total. The van der Waals surface area contributed by atoms with Gasteiger partial charge in [0.05, 0.1) is 32.7 Å². The number of nitrogens with zero attached hydrogens (tertiary/aromatic N) is 1. The van der Waals surface area contributed by atoms with Crippen LogP contribution in [-0.2, 0) is 21.4 Å². The minimum atomic E-state index is -3.57. The van der Waals surface area contributed by atoms with E-state index < -0.39 is 15.9 Å². The average molecular weight is 392 g/mol. The molecule has 7 nitrogen and oxygen atoms in total. The third-order valence-corrected chi connectivity index (χ3v) is 5.28. The Labute approximate surface area is 160 Å². The molecule has 0 radical (unpaired) electrons. The van der Waals surface area contributed by atoms with Gasteiger partial charge in [0.25, 0.3) is 0 Å². The Morgan fingerprint density at radius 3 is 2.41 bits per heavy atom. The van der Waals surface area contributed by atoms with Crippen LogP contribution in [-0.4, -0.2) is 45.7 Å². The fourth-order valence-electron chi connectivity index (χ4n) is 2.52. The first kappa shape index (κ1) is 20.7. The summed E-state index contributed by atoms with van der Waals surface area (Å²) in [6.07, 6.45) is 1.09. The maximum absolute atomic E-state index is 12.5. The lowest BCUT2D eigenvalue weighted by atomic mass is 10.1. The van der Waals surface area contributed by atoms with Gasteiger partial charge in [0.15, 0.2) is 0 Å². The fourth-order valence-corrected chi connectivity index (χ4v) is 3.24. The van der Waals surface area contributed by atoms with Gasteiger partial charge in [0.2, 0.25) is 15.9 Å². The van der Waals surface area contributed by atoms with Gasteiger partial charge in [-0.3, -0.25) is 4.79 Å². The molecular formula is C19H24N2O5S. The number of benzene rings is 2. The summed E-state index contributed by atoms with van der Waals surface area (Å²) < 4.78 is 35.8. The Morgan fingerprint density at radius 2 is 1.81 bits per heavy atom. The van der Waals surface area contributed by atoms with Crippen molar-refractivity contribution < 1.29 is 22.7 Å². The second kappa shape index (κ2) is 8.88. The summed E-state index contributed by atoms with van der Waals surface area (Å²) in [6.45, 7) is 1.72. The number of carbonyl (C=O) groups excluding carboxylic acids is 1. The second-order valence-corrected chi connectivity index (χ2v) is 8.05. The van der Waals surface area contributed by atoms with Gasteiger partial charge in [-0.15, -0.1) is 0 Å². The van der Waals surface area contributed by atoms with Crippen LogP contribution in [0.1, 0.15) is 11.1 Å². The number of aryl methyl sites for hydroxylation is 1. The molecule has 0 aliphatic heterocycles. The van der Waals surface area contributed by atoms with Crippen molar-refractivity contribution >= 4 is 21.6 Å². The molecule has 2 aromatic rings. The number of hydrogen-bond donors (Lipinski definition) is 1. The highest BCUT2D eigenvalue weighted by Gasteiger charge is 2.22. The number of nitrogens with one attached hydrogen (secondary N) is 1. The summed E-state index contributed by atoms with van der Waals surface area (Å²) in [5.74, 6) is 0.548. The average Bonchev–Trinajstić information content (AvgIpc) is 2.62. The van der Waals surface area contributed by atoms with Crippen molar-refractivity contribution in [2.45, 2.75) is 13.5 Å². The fraction of sp³-hybridized carbons (Fsp3) is 0.316. The van der Waals surface area contributed by atoms with Crippen molar-refractivity contribution in [2.75, 3.05) is 32.3 Å². The van der Waals surface area contributed by atoms with Gasteiger partial charge in [-0.25, -0.2) is 8.42 Å². The maximum atomic E-state index is 12.5. The van der Waals surface area contributed by atoms with Crippen LogP contribution in [0.2, 0.25) is 0 Å². The van der Waals surface area contributed by atoms with Gasteiger partial charge in [-0.2, -0.15) is 4.31 Å². The van der Waals surface area contributed by atoms with Gasteiger partial charge < -0.3 is 14.8 Å². The van der Waals surface area contributed by atoms with Gasteiger partial charge in [-0.05, 0) is 30.2 Å². The van der Waals surface area contributed by atoms with Gasteiger partial charge in [-0.1, -0.05) is 24.3 Å². The smallest absolute Gasteiger partial charge is 0.239 e. The summed E-state index contributed by atoms with van der Waals surface area (Å²) >= 11 is 0. The standard InChI is InChI=1S/C19H24N2O5S/c1-14-7-5-6-8-15(14)12-21(27(4,23)24)13-19(22)20-17-10-9-16(25-2)11-18(17)26-3/h5-11H,12-13H2,1-4H3,(H,20,22). The van der Waals surface area contributed by atoms with Crippen LogP contribution in [0.5, 0.6) is 11.5 Å². The zero-order chi connectivity index (χ0) is 20.0. The third kappa shape index (κ3) is 5.70. The quantitative estimate of drug-likeness (QED) is 0.746. The highest BCUT2D eigenvalue weighted by atomic mass is 32.2. The summed E-state index contributed by atoms with van der Waals surface area (Å²) in [6, 6.07) is 12.4. The van der Waals surface area contributed by atoms with E-state index in [0.29, 0.717) is 17.2 Å². The van der Waals surface area contributed by atoms with Crippen LogP contribution in [0.25, 0.3) is 0 Å². The topological polar surface area (TPSA) is 84.9 Å². The monoisotopic (exact) mass is 392 g/mol. The van der Waals surface area contributed by atoms with Gasteiger partial charge >= 0.3 is 0 Å². The summed E-state index contributed by atoms with van der Waals surface area (Å²) in [5.41, 5.74) is 2.24. The second-order valence-electron chi connectivity index (χ2n) is 6.07. The molecule has 146 valence electrons. The Bertz CT molecular complexity index is 912. The van der Waals surface area contributed by atoms with E-state index in [4.69, 9.17) is 9.47 Å². The molecule has 0 unspecified atom stereocenters. The first-order valence-electron chi connectivity index (χ1n) is 8.26. The molecule has 0 aromatic heterocycles. The first-order chi connectivity index (χ1) is 12.7. The zero-order valence-electron chi connectivity index (χ0n) is 15.9. The minimum absolute atomic E-state index is 0.124. The van der Waals surface area contributed by atoms with Crippen LogP contribution >= 0.6 is 0 Å². The predicted octanol–water partition coefficient (Wildman–Crippen LogP) is 2.41. The number of ether oxygens (including phenoxy) is 2. The third-order valence-electron chi connectivity index (χ3n) is 4.08. The molecule has 0 aliphatic carbocycles. The summed E-state index contributed by atoms with van der Waals surface area (Å²) in [5, 5.41) is 2.69. The molecule has 1 amide bonds. The van der Waals surface area contributed by atoms with Crippen LogP contribution in [0.3, 0.4) is 0 Å². The minimum Gasteiger partial charge on any atom is -0.497 e. The molecule has 0 atom stereocenters. The number of carbonyl (C=O) groups is 1. The number of hydrogen-bond acceptors (Lipinski definition) is 5. The number of sulfonamides is 1. The first-order valence-corrected chi connectivity index (χ1v) is 10.1. The highest BCUT2D eigenvalue weighted by molar-refractivity contribution is 7.88. The van der Waals surface area contributed by atoms with Crippen LogP contribution in [0, 0.1) is 6.92 Å². The molecule has 0 fully saturated rings. The number of rotatable bonds is 8. The largest absolute Gasteiger partial charge is 0.497 e. The van der Waals surface area contributed by atoms with Gasteiger partial charge in [0, 0.05) is 12.6 Å². The molecule has 2 rings (SSSR count). The van der Waals surface area contributed by atoms with E-state index >= 15 is 0 Å². The van der Waals surface area contributed by atoms with Crippen molar-refractivity contribution in [1.82, 2.24) is 4.31 Å². The number of methoxy groups -OCH3 is 2. The molecule has 0 heterocycles. The Morgan fingerprint density at radius 1 is 1.11 bits per heavy atom. The van der Waals surface area contributed by atoms with Crippen molar-refractivity contribution in [3.8, 4) is 11.5 Å². The van der Waals surface area contributed by atoms with Crippen LogP contribution in [0.15, 0.2) is 42.5 Å². The normalized spacial score (nSPS) is 11.3. The van der Waals surface area contributed by atoms with E-state index in [0.717, 1.165) is 21.7 Å². The van der Waals surface area contributed by atoms with E-state index in [2.05, 4.69) is 5.32 Å². The van der Waals surface area contributed by atoms with Crippen LogP contribution < -0.4 is 14.8 Å². The predicted molar refractivity (Wildman–Crippen MR) is 105 cm³/mol. The van der Waals surface area contributed by atoms with E-state index in [-0.39, 0.29) is 13.1 Å². The molecular weight excluding hydrogens is 368 g/mol. The molecule has 8 heteroatoms. The van der Waals surface area contributed by atoms with E-state index in [1.165, 1.54) is 14.2 Å². The van der Waals surface area contributed by atoms with E-state index in [1.807, 2.05) is 31.2 Å². The lowest BCUT2D eigenvalue weighted by molar-refractivity contribution is -0.116. The molecule has 27 heavy (non-hydrogen) atoms. The summed E-state index contributed by atoms with van der Waals surface area (Å²) in [4.78, 5) is 12.5. The Hall–Kier alpha value is -2.58. The van der Waals surface area contributed by atoms with Gasteiger partial charge in [0.1, 0.15) is 11.5 Å². The Balaban J connectivity index is 2.16. The SMILES string of the molecule is COc1ccc(NC(=O)CN(Cc2ccccc2C)S(C)(=O)=O)c(OC)c1. The van der Waals surface area contributed by atoms with Crippen LogP contribution in [0.4, 0.5) is 5.69 Å². The Kier molecular flexibility index (Phi) is 6.81. The van der Waals surface area contributed by atoms with Crippen molar-refractivity contribution in [3.63, 3.8) is 0 Å². The maximum Gasteiger partial charge on any atom is 0.239 e. The molecule has 0 saturated heterocycles. The molecule has 0 saturated carbocycles. The molecule has 0 bridgehead atoms. The number of anilines is 1. The summed E-state index contributed by atoms with van der Waals surface area (Å²) in [7, 11) is -0.564. The molecule has 0 spiro atoms. The van der Waals surface area contributed by atoms with E-state index in [1.54, 1.807) is 18.2 Å². The lowest BCUT2D eigenvalue weighted by Gasteiger charge is -2.21. The lowest BCUT2D eigenvalue weighted by Crippen LogP contribution is -2.37. The van der Waals surface area contributed by atoms with Crippen molar-refractivity contribution in [1.29, 1.82) is 0 Å². The zero-order valence-corrected chi connectivity index (χ0v) is 16.7.